The molecule has 0 aliphatic rings. The Kier molecular flexibility index (Phi) is 4.37. The van der Waals surface area contributed by atoms with Crippen molar-refractivity contribution in [2.24, 2.45) is 0 Å². The Morgan fingerprint density at radius 2 is 1.95 bits per heavy atom. The molecule has 0 atom stereocenters. The number of carbonyl (C=O) groups excluding carboxylic acids is 1. The first kappa shape index (κ1) is 14.1. The minimum Gasteiger partial charge on any atom is -0.496 e. The third kappa shape index (κ3) is 2.97. The van der Waals surface area contributed by atoms with Crippen LogP contribution in [-0.4, -0.2) is 18.3 Å². The Labute approximate surface area is 119 Å². The van der Waals surface area contributed by atoms with E-state index in [4.69, 9.17) is 4.74 Å². The minimum atomic E-state index is -0.495. The number of carbonyl (C=O) groups is 1. The van der Waals surface area contributed by atoms with Crippen LogP contribution in [0.1, 0.15) is 10.4 Å². The summed E-state index contributed by atoms with van der Waals surface area (Å²) in [6.45, 7) is 0. The molecule has 0 aliphatic carbocycles. The zero-order chi connectivity index (χ0) is 14.5. The maximum atomic E-state index is 11.1. The summed E-state index contributed by atoms with van der Waals surface area (Å²) in [6, 6.07) is 11.7. The highest BCUT2D eigenvalue weighted by atomic mass is 32.2. The van der Waals surface area contributed by atoms with Gasteiger partial charge < -0.3 is 4.74 Å². The normalized spacial score (nSPS) is 10.1. The monoisotopic (exact) mass is 289 g/mol. The lowest BCUT2D eigenvalue weighted by Gasteiger charge is -2.08. The van der Waals surface area contributed by atoms with Crippen molar-refractivity contribution in [1.29, 1.82) is 0 Å². The molecule has 0 unspecified atom stereocenters. The Morgan fingerprint density at radius 1 is 1.20 bits per heavy atom. The predicted molar refractivity (Wildman–Crippen MR) is 75.6 cm³/mol. The number of nitro groups is 1. The van der Waals surface area contributed by atoms with Crippen LogP contribution in [0, 0.1) is 10.1 Å². The van der Waals surface area contributed by atoms with Gasteiger partial charge in [-0.2, -0.15) is 0 Å². The first-order valence-electron chi connectivity index (χ1n) is 5.70. The van der Waals surface area contributed by atoms with E-state index in [9.17, 15) is 14.9 Å². The zero-order valence-electron chi connectivity index (χ0n) is 10.6. The van der Waals surface area contributed by atoms with E-state index in [1.807, 2.05) is 18.2 Å². The van der Waals surface area contributed by atoms with Crippen molar-refractivity contribution >= 4 is 23.7 Å². The summed E-state index contributed by atoms with van der Waals surface area (Å²) in [4.78, 5) is 22.5. The molecule has 102 valence electrons. The molecule has 0 amide bonds. The fourth-order valence-electron chi connectivity index (χ4n) is 1.66. The van der Waals surface area contributed by atoms with Crippen LogP contribution in [0.4, 0.5) is 5.69 Å². The Bertz CT molecular complexity index is 657. The van der Waals surface area contributed by atoms with E-state index < -0.39 is 4.92 Å². The molecule has 0 N–H and O–H groups in total. The molecule has 0 aliphatic heterocycles. The van der Waals surface area contributed by atoms with Gasteiger partial charge in [0.05, 0.1) is 21.8 Å². The second-order valence-corrected chi connectivity index (χ2v) is 4.94. The van der Waals surface area contributed by atoms with E-state index in [-0.39, 0.29) is 11.3 Å². The standard InChI is InChI=1S/C14H11NO4S/c1-19-12-4-2-3-5-14(12)20-13-7-6-10(9-16)8-11(13)15(17)18/h2-9H,1H3. The number of aldehydes is 1. The lowest BCUT2D eigenvalue weighted by atomic mass is 10.2. The SMILES string of the molecule is COc1ccccc1Sc1ccc(C=O)cc1[N+](=O)[O-]. The number of ether oxygens (including phenoxy) is 1. The van der Waals surface area contributed by atoms with Gasteiger partial charge in [0.25, 0.3) is 5.69 Å². The van der Waals surface area contributed by atoms with Crippen molar-refractivity contribution in [3.8, 4) is 5.75 Å². The number of benzene rings is 2. The molecule has 0 saturated heterocycles. The summed E-state index contributed by atoms with van der Waals surface area (Å²) >= 11 is 1.23. The van der Waals surface area contributed by atoms with Crippen LogP contribution >= 0.6 is 11.8 Å². The molecule has 0 spiro atoms. The first-order valence-corrected chi connectivity index (χ1v) is 6.52. The Balaban J connectivity index is 2.42. The van der Waals surface area contributed by atoms with Crippen LogP contribution in [-0.2, 0) is 0 Å². The highest BCUT2D eigenvalue weighted by Gasteiger charge is 2.17. The highest BCUT2D eigenvalue weighted by Crippen LogP contribution is 2.39. The van der Waals surface area contributed by atoms with Crippen LogP contribution in [0.15, 0.2) is 52.3 Å². The minimum absolute atomic E-state index is 0.0921. The molecule has 20 heavy (non-hydrogen) atoms. The van der Waals surface area contributed by atoms with Gasteiger partial charge in [0, 0.05) is 11.6 Å². The molecule has 2 aromatic rings. The third-order valence-corrected chi connectivity index (χ3v) is 3.73. The molecule has 0 radical (unpaired) electrons. The summed E-state index contributed by atoms with van der Waals surface area (Å²) in [5, 5.41) is 11.1. The summed E-state index contributed by atoms with van der Waals surface area (Å²) in [7, 11) is 1.54. The fraction of sp³-hybridized carbons (Fsp3) is 0.0714. The van der Waals surface area contributed by atoms with Crippen LogP contribution in [0.2, 0.25) is 0 Å². The van der Waals surface area contributed by atoms with Crippen molar-refractivity contribution in [3.05, 3.63) is 58.1 Å². The maximum Gasteiger partial charge on any atom is 0.283 e. The number of nitrogens with zero attached hydrogens (tertiary/aromatic N) is 1. The summed E-state index contributed by atoms with van der Waals surface area (Å²) in [5.41, 5.74) is 0.187. The van der Waals surface area contributed by atoms with Gasteiger partial charge in [-0.25, -0.2) is 0 Å². The molecule has 0 aromatic heterocycles. The van der Waals surface area contributed by atoms with Crippen molar-refractivity contribution in [3.63, 3.8) is 0 Å². The van der Waals surface area contributed by atoms with E-state index in [1.54, 1.807) is 25.3 Å². The number of hydrogen-bond donors (Lipinski definition) is 0. The average molecular weight is 289 g/mol. The van der Waals surface area contributed by atoms with Gasteiger partial charge in [-0.1, -0.05) is 30.0 Å². The Hall–Kier alpha value is -2.34. The molecule has 0 heterocycles. The third-order valence-electron chi connectivity index (χ3n) is 2.60. The molecule has 6 heteroatoms. The van der Waals surface area contributed by atoms with Gasteiger partial charge in [-0.3, -0.25) is 14.9 Å². The van der Waals surface area contributed by atoms with E-state index in [0.717, 1.165) is 4.90 Å². The number of methoxy groups -OCH3 is 1. The van der Waals surface area contributed by atoms with E-state index in [1.165, 1.54) is 17.8 Å². The smallest absolute Gasteiger partial charge is 0.283 e. The van der Waals surface area contributed by atoms with Gasteiger partial charge in [-0.15, -0.1) is 0 Å². The van der Waals surface area contributed by atoms with Crippen LogP contribution in [0.3, 0.4) is 0 Å². The number of para-hydroxylation sites is 1. The molecule has 5 nitrogen and oxygen atoms in total. The molecule has 2 aromatic carbocycles. The molecule has 0 saturated carbocycles. The van der Waals surface area contributed by atoms with E-state index in [0.29, 0.717) is 16.9 Å². The molecular formula is C14H11NO4S. The average Bonchev–Trinajstić information content (AvgIpc) is 2.48. The van der Waals surface area contributed by atoms with Crippen molar-refractivity contribution in [1.82, 2.24) is 0 Å². The summed E-state index contributed by atoms with van der Waals surface area (Å²) < 4.78 is 5.22. The summed E-state index contributed by atoms with van der Waals surface area (Å²) in [5.74, 6) is 0.645. The van der Waals surface area contributed by atoms with E-state index in [2.05, 4.69) is 0 Å². The maximum absolute atomic E-state index is 11.1. The summed E-state index contributed by atoms with van der Waals surface area (Å²) in [6.07, 6.45) is 0.588. The van der Waals surface area contributed by atoms with Crippen molar-refractivity contribution in [2.45, 2.75) is 9.79 Å². The molecule has 2 rings (SSSR count). The van der Waals surface area contributed by atoms with Crippen LogP contribution in [0.5, 0.6) is 5.75 Å². The molecule has 0 fully saturated rings. The quantitative estimate of drug-likeness (QED) is 0.478. The van der Waals surface area contributed by atoms with Gasteiger partial charge >= 0.3 is 0 Å². The zero-order valence-corrected chi connectivity index (χ0v) is 11.4. The van der Waals surface area contributed by atoms with Crippen molar-refractivity contribution in [2.75, 3.05) is 7.11 Å². The number of rotatable bonds is 5. The second kappa shape index (κ2) is 6.21. The van der Waals surface area contributed by atoms with Crippen LogP contribution < -0.4 is 4.74 Å². The molecule has 0 bridgehead atoms. The van der Waals surface area contributed by atoms with Crippen molar-refractivity contribution < 1.29 is 14.5 Å². The largest absolute Gasteiger partial charge is 0.496 e. The highest BCUT2D eigenvalue weighted by molar-refractivity contribution is 7.99. The lowest BCUT2D eigenvalue weighted by molar-refractivity contribution is -0.387. The Morgan fingerprint density at radius 3 is 2.60 bits per heavy atom. The number of hydrogen-bond acceptors (Lipinski definition) is 5. The van der Waals surface area contributed by atoms with Gasteiger partial charge in [0.1, 0.15) is 12.0 Å². The lowest BCUT2D eigenvalue weighted by Crippen LogP contribution is -1.93. The second-order valence-electron chi connectivity index (χ2n) is 3.86. The topological polar surface area (TPSA) is 69.4 Å². The van der Waals surface area contributed by atoms with Crippen LogP contribution in [0.25, 0.3) is 0 Å². The molecular weight excluding hydrogens is 278 g/mol. The fourth-order valence-corrected chi connectivity index (χ4v) is 2.67. The number of nitro benzene ring substituents is 1. The van der Waals surface area contributed by atoms with Gasteiger partial charge in [-0.05, 0) is 18.2 Å². The van der Waals surface area contributed by atoms with Gasteiger partial charge in [0.2, 0.25) is 0 Å². The predicted octanol–water partition coefficient (Wildman–Crippen LogP) is 3.57. The van der Waals surface area contributed by atoms with Gasteiger partial charge in [0.15, 0.2) is 0 Å². The first-order chi connectivity index (χ1) is 9.65. The van der Waals surface area contributed by atoms with E-state index >= 15 is 0 Å².